The molecule has 1 unspecified atom stereocenters. The van der Waals surface area contributed by atoms with Gasteiger partial charge in [-0.15, -0.1) is 0 Å². The molecule has 3 N–H and O–H groups in total. The average Bonchev–Trinajstić information content (AvgIpc) is 2.36. The van der Waals surface area contributed by atoms with E-state index in [1.165, 1.54) is 0 Å². The summed E-state index contributed by atoms with van der Waals surface area (Å²) in [5.74, 6) is 0. The highest BCUT2D eigenvalue weighted by Crippen LogP contribution is 2.22. The van der Waals surface area contributed by atoms with Crippen molar-refractivity contribution < 1.29 is 5.11 Å². The molecule has 0 aromatic heterocycles. The van der Waals surface area contributed by atoms with Gasteiger partial charge in [0.25, 0.3) is 0 Å². The van der Waals surface area contributed by atoms with Crippen molar-refractivity contribution in [3.05, 3.63) is 29.8 Å². The number of anilines is 1. The number of hydrogen-bond donors (Lipinski definition) is 2. The first-order valence-corrected chi connectivity index (χ1v) is 6.93. The standard InChI is InChI=1S/C15H26N2O/c1-3-10-17(11-4-2)12-9-15(18)13-7-5-6-8-14(13)16/h5-8,15,18H,3-4,9-12,16H2,1-2H3. The Morgan fingerprint density at radius 3 is 2.28 bits per heavy atom. The summed E-state index contributed by atoms with van der Waals surface area (Å²) in [5, 5.41) is 10.2. The minimum atomic E-state index is -0.456. The fraction of sp³-hybridized carbons (Fsp3) is 0.600. The molecule has 0 amide bonds. The van der Waals surface area contributed by atoms with Crippen LogP contribution in [0.15, 0.2) is 24.3 Å². The number of nitrogens with zero attached hydrogens (tertiary/aromatic N) is 1. The third kappa shape index (κ3) is 4.67. The number of nitrogen functional groups attached to an aromatic ring is 1. The van der Waals surface area contributed by atoms with E-state index in [1.807, 2.05) is 24.3 Å². The minimum absolute atomic E-state index is 0.456. The second-order valence-electron chi connectivity index (χ2n) is 4.78. The molecule has 1 atom stereocenters. The zero-order chi connectivity index (χ0) is 13.4. The van der Waals surface area contributed by atoms with Gasteiger partial charge in [-0.25, -0.2) is 0 Å². The molecule has 0 aliphatic carbocycles. The maximum Gasteiger partial charge on any atom is 0.0822 e. The Balaban J connectivity index is 2.49. The lowest BCUT2D eigenvalue weighted by Gasteiger charge is -2.23. The van der Waals surface area contributed by atoms with Crippen LogP contribution in [0.1, 0.15) is 44.8 Å². The average molecular weight is 250 g/mol. The molecule has 3 nitrogen and oxygen atoms in total. The zero-order valence-corrected chi connectivity index (χ0v) is 11.6. The monoisotopic (exact) mass is 250 g/mol. The van der Waals surface area contributed by atoms with Gasteiger partial charge >= 0.3 is 0 Å². The number of aliphatic hydroxyl groups is 1. The first-order chi connectivity index (χ1) is 8.69. The van der Waals surface area contributed by atoms with Crippen molar-refractivity contribution in [1.29, 1.82) is 0 Å². The number of nitrogens with two attached hydrogens (primary N) is 1. The van der Waals surface area contributed by atoms with E-state index in [9.17, 15) is 5.11 Å². The van der Waals surface area contributed by atoms with E-state index in [-0.39, 0.29) is 0 Å². The Labute approximate surface area is 111 Å². The van der Waals surface area contributed by atoms with Gasteiger partial charge in [0, 0.05) is 17.8 Å². The fourth-order valence-corrected chi connectivity index (χ4v) is 2.24. The predicted molar refractivity (Wildman–Crippen MR) is 77.5 cm³/mol. The Morgan fingerprint density at radius 2 is 1.72 bits per heavy atom. The van der Waals surface area contributed by atoms with Crippen molar-refractivity contribution in [2.24, 2.45) is 0 Å². The van der Waals surface area contributed by atoms with Gasteiger partial charge in [0.15, 0.2) is 0 Å². The summed E-state index contributed by atoms with van der Waals surface area (Å²) < 4.78 is 0. The van der Waals surface area contributed by atoms with Gasteiger partial charge in [-0.1, -0.05) is 32.0 Å². The molecular weight excluding hydrogens is 224 g/mol. The Kier molecular flexibility index (Phi) is 6.76. The lowest BCUT2D eigenvalue weighted by Crippen LogP contribution is -2.27. The summed E-state index contributed by atoms with van der Waals surface area (Å²) in [6.45, 7) is 7.51. The Bertz CT molecular complexity index is 335. The molecule has 0 aliphatic heterocycles. The van der Waals surface area contributed by atoms with Gasteiger partial charge in [-0.3, -0.25) is 0 Å². The highest BCUT2D eigenvalue weighted by Gasteiger charge is 2.12. The van der Waals surface area contributed by atoms with Crippen LogP contribution < -0.4 is 5.73 Å². The smallest absolute Gasteiger partial charge is 0.0822 e. The predicted octanol–water partition coefficient (Wildman–Crippen LogP) is 2.81. The van der Waals surface area contributed by atoms with E-state index < -0.39 is 6.10 Å². The lowest BCUT2D eigenvalue weighted by atomic mass is 10.0. The van der Waals surface area contributed by atoms with Crippen molar-refractivity contribution in [2.45, 2.75) is 39.2 Å². The van der Waals surface area contributed by atoms with E-state index in [0.717, 1.165) is 44.5 Å². The van der Waals surface area contributed by atoms with Crippen LogP contribution in [0, 0.1) is 0 Å². The molecule has 1 rings (SSSR count). The second-order valence-corrected chi connectivity index (χ2v) is 4.78. The van der Waals surface area contributed by atoms with Crippen LogP contribution in [-0.4, -0.2) is 29.6 Å². The highest BCUT2D eigenvalue weighted by atomic mass is 16.3. The molecule has 18 heavy (non-hydrogen) atoms. The third-order valence-electron chi connectivity index (χ3n) is 3.15. The molecule has 0 heterocycles. The first kappa shape index (κ1) is 15.0. The molecule has 0 spiro atoms. The van der Waals surface area contributed by atoms with Crippen molar-refractivity contribution in [1.82, 2.24) is 4.90 Å². The quantitative estimate of drug-likeness (QED) is 0.698. The van der Waals surface area contributed by atoms with Gasteiger partial charge in [-0.2, -0.15) is 0 Å². The minimum Gasteiger partial charge on any atom is -0.398 e. The molecule has 0 radical (unpaired) electrons. The summed E-state index contributed by atoms with van der Waals surface area (Å²) in [5.41, 5.74) is 7.41. The van der Waals surface area contributed by atoms with Crippen LogP contribution >= 0.6 is 0 Å². The van der Waals surface area contributed by atoms with Crippen molar-refractivity contribution in [3.63, 3.8) is 0 Å². The zero-order valence-electron chi connectivity index (χ0n) is 11.6. The SMILES string of the molecule is CCCN(CCC)CCC(O)c1ccccc1N. The number of hydrogen-bond acceptors (Lipinski definition) is 3. The molecular formula is C15H26N2O. The third-order valence-corrected chi connectivity index (χ3v) is 3.15. The maximum atomic E-state index is 10.2. The van der Waals surface area contributed by atoms with Crippen LogP contribution in [0.2, 0.25) is 0 Å². The van der Waals surface area contributed by atoms with Gasteiger partial charge in [0.1, 0.15) is 0 Å². The van der Waals surface area contributed by atoms with Crippen LogP contribution in [0.3, 0.4) is 0 Å². The molecule has 3 heteroatoms. The molecule has 0 bridgehead atoms. The summed E-state index contributed by atoms with van der Waals surface area (Å²) in [6, 6.07) is 7.56. The first-order valence-electron chi connectivity index (χ1n) is 6.93. The number of aliphatic hydroxyl groups excluding tert-OH is 1. The van der Waals surface area contributed by atoms with Crippen molar-refractivity contribution in [3.8, 4) is 0 Å². The van der Waals surface area contributed by atoms with Gasteiger partial charge in [0.2, 0.25) is 0 Å². The highest BCUT2D eigenvalue weighted by molar-refractivity contribution is 5.47. The topological polar surface area (TPSA) is 49.5 Å². The number of benzene rings is 1. The molecule has 0 saturated carbocycles. The van der Waals surface area contributed by atoms with Crippen LogP contribution in [0.4, 0.5) is 5.69 Å². The second kappa shape index (κ2) is 8.11. The Morgan fingerprint density at radius 1 is 1.11 bits per heavy atom. The molecule has 1 aromatic carbocycles. The van der Waals surface area contributed by atoms with E-state index >= 15 is 0 Å². The van der Waals surface area contributed by atoms with Crippen LogP contribution in [-0.2, 0) is 0 Å². The van der Waals surface area contributed by atoms with Crippen molar-refractivity contribution >= 4 is 5.69 Å². The molecule has 0 aliphatic rings. The van der Waals surface area contributed by atoms with E-state index in [1.54, 1.807) is 0 Å². The van der Waals surface area contributed by atoms with Gasteiger partial charge in [0.05, 0.1) is 6.10 Å². The van der Waals surface area contributed by atoms with Crippen molar-refractivity contribution in [2.75, 3.05) is 25.4 Å². The maximum absolute atomic E-state index is 10.2. The van der Waals surface area contributed by atoms with Gasteiger partial charge in [-0.05, 0) is 38.4 Å². The Hall–Kier alpha value is -1.06. The molecule has 0 saturated heterocycles. The van der Waals surface area contributed by atoms with Crippen LogP contribution in [0.5, 0.6) is 0 Å². The van der Waals surface area contributed by atoms with E-state index in [4.69, 9.17) is 5.73 Å². The molecule has 102 valence electrons. The summed E-state index contributed by atoms with van der Waals surface area (Å²) >= 11 is 0. The number of rotatable bonds is 8. The van der Waals surface area contributed by atoms with Gasteiger partial charge < -0.3 is 15.7 Å². The number of para-hydroxylation sites is 1. The summed E-state index contributed by atoms with van der Waals surface area (Å²) in [7, 11) is 0. The fourth-order valence-electron chi connectivity index (χ4n) is 2.24. The lowest BCUT2D eigenvalue weighted by molar-refractivity contribution is 0.142. The van der Waals surface area contributed by atoms with E-state index in [2.05, 4.69) is 18.7 Å². The molecule has 0 fully saturated rings. The van der Waals surface area contributed by atoms with E-state index in [0.29, 0.717) is 5.69 Å². The molecule has 1 aromatic rings. The van der Waals surface area contributed by atoms with Crippen LogP contribution in [0.25, 0.3) is 0 Å². The summed E-state index contributed by atoms with van der Waals surface area (Å²) in [4.78, 5) is 2.41. The summed E-state index contributed by atoms with van der Waals surface area (Å²) in [6.07, 6.45) is 2.60. The largest absolute Gasteiger partial charge is 0.398 e. The normalized spacial score (nSPS) is 12.9.